The number of alkyl halides is 3. The fourth-order valence-corrected chi connectivity index (χ4v) is 2.15. The van der Waals surface area contributed by atoms with Crippen molar-refractivity contribution in [1.29, 1.82) is 0 Å². The second kappa shape index (κ2) is 6.90. The molecular formula is C15H14F4N4O3. The largest absolute Gasteiger partial charge is 0.463 e. The van der Waals surface area contributed by atoms with E-state index in [0.717, 1.165) is 19.2 Å². The molecule has 2 aliphatic heterocycles. The van der Waals surface area contributed by atoms with Gasteiger partial charge in [-0.3, -0.25) is 0 Å². The molecule has 1 aromatic rings. The molecule has 3 rings (SSSR count). The monoisotopic (exact) mass is 374 g/mol. The number of pyridine rings is 1. The molecule has 0 saturated carbocycles. The first-order valence-electron chi connectivity index (χ1n) is 7.48. The highest BCUT2D eigenvalue weighted by molar-refractivity contribution is 5.62. The third kappa shape index (κ3) is 3.62. The van der Waals surface area contributed by atoms with Crippen LogP contribution in [0.15, 0.2) is 40.5 Å². The molecule has 0 radical (unpaired) electrons. The lowest BCUT2D eigenvalue weighted by atomic mass is 10.2. The lowest BCUT2D eigenvalue weighted by molar-refractivity contribution is -0.190. The number of hydrogen-bond acceptors (Lipinski definition) is 7. The normalized spacial score (nSPS) is 20.2. The van der Waals surface area contributed by atoms with Gasteiger partial charge in [-0.05, 0) is 25.1 Å². The first-order chi connectivity index (χ1) is 12.3. The van der Waals surface area contributed by atoms with Gasteiger partial charge in [-0.2, -0.15) is 23.3 Å². The number of allylic oxidation sites excluding steroid dienone is 2. The van der Waals surface area contributed by atoms with E-state index in [-0.39, 0.29) is 17.9 Å². The zero-order valence-electron chi connectivity index (χ0n) is 13.7. The van der Waals surface area contributed by atoms with Gasteiger partial charge in [0.1, 0.15) is 0 Å². The molecule has 3 heterocycles. The Morgan fingerprint density at radius 2 is 2.12 bits per heavy atom. The number of methoxy groups -OCH3 is 1. The van der Waals surface area contributed by atoms with Crippen LogP contribution in [0.2, 0.25) is 0 Å². The van der Waals surface area contributed by atoms with Crippen LogP contribution < -0.4 is 4.74 Å². The van der Waals surface area contributed by atoms with Crippen LogP contribution >= 0.6 is 0 Å². The maximum atomic E-state index is 14.1. The number of halogens is 4. The molecule has 0 amide bonds. The number of rotatable bonds is 5. The Labute approximate surface area is 145 Å². The van der Waals surface area contributed by atoms with E-state index < -0.39 is 30.1 Å². The van der Waals surface area contributed by atoms with Crippen molar-refractivity contribution in [2.24, 2.45) is 10.2 Å². The molecule has 0 aliphatic carbocycles. The highest BCUT2D eigenvalue weighted by Gasteiger charge is 2.39. The predicted octanol–water partition coefficient (Wildman–Crippen LogP) is 3.42. The van der Waals surface area contributed by atoms with E-state index >= 15 is 0 Å². The summed E-state index contributed by atoms with van der Waals surface area (Å²) in [6, 6.07) is 0.978. The molecule has 2 atom stereocenters. The first-order valence-corrected chi connectivity index (χ1v) is 7.48. The standard InChI is InChI=1S/C15H14F4N4O3/c1-8(15(17,18)19)25-14-10(16)5-9(6-20-14)11-3-4-12-21-22-13(7-24-2)23(12)26-11/h3-6,8,13H,7H2,1-2H3/t8-,13?/m0/s1. The van der Waals surface area contributed by atoms with Crippen LogP contribution in [-0.4, -0.2) is 42.2 Å². The molecule has 1 unspecified atom stereocenters. The van der Waals surface area contributed by atoms with E-state index in [4.69, 9.17) is 9.57 Å². The summed E-state index contributed by atoms with van der Waals surface area (Å²) in [7, 11) is 1.50. The van der Waals surface area contributed by atoms with E-state index in [0.29, 0.717) is 5.82 Å². The fourth-order valence-electron chi connectivity index (χ4n) is 2.15. The average Bonchev–Trinajstić information content (AvgIpc) is 2.98. The van der Waals surface area contributed by atoms with E-state index in [1.807, 2.05) is 0 Å². The molecule has 0 aromatic carbocycles. The lowest BCUT2D eigenvalue weighted by Gasteiger charge is -2.27. The van der Waals surface area contributed by atoms with Gasteiger partial charge < -0.3 is 14.3 Å². The van der Waals surface area contributed by atoms with Crippen molar-refractivity contribution in [3.63, 3.8) is 0 Å². The zero-order chi connectivity index (χ0) is 18.9. The molecule has 0 N–H and O–H groups in total. The van der Waals surface area contributed by atoms with Crippen molar-refractivity contribution >= 4 is 5.76 Å². The third-order valence-electron chi connectivity index (χ3n) is 3.53. The lowest BCUT2D eigenvalue weighted by Crippen LogP contribution is -2.33. The molecule has 7 nitrogen and oxygen atoms in total. The Balaban J connectivity index is 1.77. The fraction of sp³-hybridized carbons (Fsp3) is 0.400. The summed E-state index contributed by atoms with van der Waals surface area (Å²) in [5.41, 5.74) is 0.216. The molecule has 0 fully saturated rings. The van der Waals surface area contributed by atoms with Crippen LogP contribution in [0.1, 0.15) is 12.5 Å². The van der Waals surface area contributed by atoms with Crippen LogP contribution in [0, 0.1) is 5.82 Å². The quantitative estimate of drug-likeness (QED) is 0.739. The summed E-state index contributed by atoms with van der Waals surface area (Å²) in [6.45, 7) is 0.993. The highest BCUT2D eigenvalue weighted by Crippen LogP contribution is 2.32. The molecule has 11 heteroatoms. The number of fused-ring (bicyclic) bond motifs is 1. The average molecular weight is 374 g/mol. The SMILES string of the molecule is COCC1N=NC2=CC=C(c3cnc(O[C@@H](C)C(F)(F)F)c(F)c3)ON21. The number of hydrogen-bond donors (Lipinski definition) is 0. The van der Waals surface area contributed by atoms with Crippen LogP contribution in [-0.2, 0) is 9.57 Å². The Morgan fingerprint density at radius 1 is 1.35 bits per heavy atom. The Morgan fingerprint density at radius 3 is 2.77 bits per heavy atom. The molecular weight excluding hydrogens is 360 g/mol. The van der Waals surface area contributed by atoms with Crippen LogP contribution in [0.25, 0.3) is 5.76 Å². The second-order valence-electron chi connectivity index (χ2n) is 5.44. The molecule has 26 heavy (non-hydrogen) atoms. The van der Waals surface area contributed by atoms with Gasteiger partial charge in [0.15, 0.2) is 23.5 Å². The Bertz CT molecular complexity index is 779. The summed E-state index contributed by atoms with van der Waals surface area (Å²) < 4.78 is 61.2. The molecule has 0 bridgehead atoms. The van der Waals surface area contributed by atoms with Crippen molar-refractivity contribution in [2.45, 2.75) is 25.4 Å². The summed E-state index contributed by atoms with van der Waals surface area (Å²) in [5, 5.41) is 9.27. The van der Waals surface area contributed by atoms with Crippen LogP contribution in [0.4, 0.5) is 17.6 Å². The summed E-state index contributed by atoms with van der Waals surface area (Å²) in [5.74, 6) is -1.11. The van der Waals surface area contributed by atoms with Gasteiger partial charge in [-0.15, -0.1) is 5.11 Å². The minimum Gasteiger partial charge on any atom is -0.463 e. The molecule has 1 aromatic heterocycles. The molecule has 0 spiro atoms. The van der Waals surface area contributed by atoms with Crippen molar-refractivity contribution < 1.29 is 31.9 Å². The Hall–Kier alpha value is -2.69. The highest BCUT2D eigenvalue weighted by atomic mass is 19.4. The summed E-state index contributed by atoms with van der Waals surface area (Å²) >= 11 is 0. The van der Waals surface area contributed by atoms with Crippen molar-refractivity contribution in [1.82, 2.24) is 10.0 Å². The zero-order valence-corrected chi connectivity index (χ0v) is 13.7. The smallest absolute Gasteiger partial charge is 0.425 e. The molecule has 2 aliphatic rings. The van der Waals surface area contributed by atoms with Gasteiger partial charge in [0.25, 0.3) is 5.88 Å². The third-order valence-corrected chi connectivity index (χ3v) is 3.53. The van der Waals surface area contributed by atoms with E-state index in [2.05, 4.69) is 19.9 Å². The predicted molar refractivity (Wildman–Crippen MR) is 79.8 cm³/mol. The van der Waals surface area contributed by atoms with Crippen LogP contribution in [0.5, 0.6) is 5.88 Å². The number of ether oxygens (including phenoxy) is 2. The molecule has 140 valence electrons. The number of nitrogens with zero attached hydrogens (tertiary/aromatic N) is 4. The number of hydroxylamine groups is 2. The molecule has 0 saturated heterocycles. The number of aromatic nitrogens is 1. The van der Waals surface area contributed by atoms with E-state index in [1.54, 1.807) is 6.08 Å². The topological polar surface area (TPSA) is 68.5 Å². The van der Waals surface area contributed by atoms with Gasteiger partial charge >= 0.3 is 6.18 Å². The minimum atomic E-state index is -4.62. The maximum absolute atomic E-state index is 14.1. The van der Waals surface area contributed by atoms with Crippen molar-refractivity contribution in [3.05, 3.63) is 41.6 Å². The number of azo groups is 1. The van der Waals surface area contributed by atoms with Gasteiger partial charge in [-0.25, -0.2) is 9.37 Å². The minimum absolute atomic E-state index is 0.216. The van der Waals surface area contributed by atoms with Gasteiger partial charge in [0.2, 0.25) is 6.17 Å². The van der Waals surface area contributed by atoms with Gasteiger partial charge in [0.05, 0.1) is 6.61 Å². The summed E-state index contributed by atoms with van der Waals surface area (Å²) in [4.78, 5) is 9.24. The van der Waals surface area contributed by atoms with Crippen molar-refractivity contribution in [2.75, 3.05) is 13.7 Å². The van der Waals surface area contributed by atoms with Crippen LogP contribution in [0.3, 0.4) is 0 Å². The Kier molecular flexibility index (Phi) is 4.81. The summed E-state index contributed by atoms with van der Waals surface area (Å²) in [6.07, 6.45) is -3.03. The van der Waals surface area contributed by atoms with E-state index in [1.165, 1.54) is 18.2 Å². The van der Waals surface area contributed by atoms with E-state index in [9.17, 15) is 17.6 Å². The van der Waals surface area contributed by atoms with Gasteiger partial charge in [-0.1, -0.05) is 0 Å². The maximum Gasteiger partial charge on any atom is 0.425 e. The first kappa shape index (κ1) is 18.1. The van der Waals surface area contributed by atoms with Crippen molar-refractivity contribution in [3.8, 4) is 5.88 Å². The van der Waals surface area contributed by atoms with Gasteiger partial charge in [0, 0.05) is 18.9 Å². The second-order valence-corrected chi connectivity index (χ2v) is 5.44.